The summed E-state index contributed by atoms with van der Waals surface area (Å²) in [6.07, 6.45) is 3.16. The Kier molecular flexibility index (Phi) is 4.87. The van der Waals surface area contributed by atoms with Gasteiger partial charge in [-0.3, -0.25) is 14.2 Å². The summed E-state index contributed by atoms with van der Waals surface area (Å²) < 4.78 is 3.46. The average molecular weight is 372 g/mol. The van der Waals surface area contributed by atoms with Crippen molar-refractivity contribution in [3.05, 3.63) is 64.7 Å². The van der Waals surface area contributed by atoms with Crippen LogP contribution in [0.25, 0.3) is 0 Å². The van der Waals surface area contributed by atoms with Gasteiger partial charge in [0.15, 0.2) is 0 Å². The molecule has 0 aliphatic carbocycles. The van der Waals surface area contributed by atoms with Crippen LogP contribution in [0.2, 0.25) is 5.02 Å². The Morgan fingerprint density at radius 2 is 1.92 bits per heavy atom. The van der Waals surface area contributed by atoms with E-state index < -0.39 is 5.54 Å². The van der Waals surface area contributed by atoms with Gasteiger partial charge in [0.2, 0.25) is 0 Å². The van der Waals surface area contributed by atoms with Gasteiger partial charge in [-0.05, 0) is 33.3 Å². The molecule has 0 fully saturated rings. The van der Waals surface area contributed by atoms with E-state index in [1.165, 1.54) is 6.20 Å². The number of carbonyl (C=O) groups excluding carboxylic acids is 1. The van der Waals surface area contributed by atoms with E-state index in [1.807, 2.05) is 36.7 Å². The molecule has 1 N–H and O–H groups in total. The van der Waals surface area contributed by atoms with Crippen molar-refractivity contribution in [3.63, 3.8) is 0 Å². The van der Waals surface area contributed by atoms with Crippen molar-refractivity contribution in [2.24, 2.45) is 0 Å². The first-order valence-corrected chi connectivity index (χ1v) is 8.77. The molecule has 7 heteroatoms. The van der Waals surface area contributed by atoms with Crippen LogP contribution in [0.3, 0.4) is 0 Å². The lowest BCUT2D eigenvalue weighted by Crippen LogP contribution is -2.40. The first-order chi connectivity index (χ1) is 12.3. The van der Waals surface area contributed by atoms with Crippen molar-refractivity contribution in [1.82, 2.24) is 19.6 Å². The second-order valence-electron chi connectivity index (χ2n) is 6.81. The molecule has 0 saturated carbocycles. The smallest absolute Gasteiger partial charge is 0.251 e. The lowest BCUT2D eigenvalue weighted by molar-refractivity contribution is -0.123. The van der Waals surface area contributed by atoms with Gasteiger partial charge in [0.05, 0.1) is 34.8 Å². The van der Waals surface area contributed by atoms with Crippen molar-refractivity contribution in [1.29, 1.82) is 0 Å². The predicted molar refractivity (Wildman–Crippen MR) is 102 cm³/mol. The molecular weight excluding hydrogens is 350 g/mol. The summed E-state index contributed by atoms with van der Waals surface area (Å²) in [7, 11) is 0. The van der Waals surface area contributed by atoms with Gasteiger partial charge in [0, 0.05) is 6.20 Å². The molecule has 26 heavy (non-hydrogen) atoms. The van der Waals surface area contributed by atoms with E-state index in [2.05, 4.69) is 27.6 Å². The fourth-order valence-electron chi connectivity index (χ4n) is 2.77. The molecule has 0 bridgehead atoms. The number of aromatic nitrogens is 4. The van der Waals surface area contributed by atoms with E-state index in [0.29, 0.717) is 11.6 Å². The van der Waals surface area contributed by atoms with Gasteiger partial charge < -0.3 is 5.32 Å². The molecule has 0 atom stereocenters. The molecule has 1 aromatic carbocycles. The fourth-order valence-corrected chi connectivity index (χ4v) is 2.90. The number of nitrogens with zero attached hydrogens (tertiary/aromatic N) is 4. The molecule has 136 valence electrons. The lowest BCUT2D eigenvalue weighted by atomic mass is 10.0. The van der Waals surface area contributed by atoms with Crippen LogP contribution in [0.15, 0.2) is 42.7 Å². The van der Waals surface area contributed by atoms with Crippen LogP contribution in [-0.2, 0) is 16.9 Å². The molecule has 0 radical (unpaired) electrons. The van der Waals surface area contributed by atoms with Crippen molar-refractivity contribution < 1.29 is 4.79 Å². The number of anilines is 1. The molecule has 3 aromatic rings. The highest BCUT2D eigenvalue weighted by atomic mass is 35.5. The van der Waals surface area contributed by atoms with E-state index >= 15 is 0 Å². The highest BCUT2D eigenvalue weighted by Crippen LogP contribution is 2.24. The minimum atomic E-state index is -0.881. The Balaban J connectivity index is 1.82. The number of hydrogen-bond acceptors (Lipinski definition) is 3. The number of amides is 1. The van der Waals surface area contributed by atoms with Gasteiger partial charge >= 0.3 is 0 Å². The number of nitrogens with one attached hydrogen (secondary N) is 1. The van der Waals surface area contributed by atoms with E-state index in [9.17, 15) is 4.79 Å². The van der Waals surface area contributed by atoms with Gasteiger partial charge in [0.25, 0.3) is 5.91 Å². The molecule has 0 aliphatic rings. The average Bonchev–Trinajstić information content (AvgIpc) is 3.15. The predicted octanol–water partition coefficient (Wildman–Crippen LogP) is 3.77. The highest BCUT2D eigenvalue weighted by molar-refractivity contribution is 6.30. The maximum absolute atomic E-state index is 12.9. The Morgan fingerprint density at radius 3 is 2.54 bits per heavy atom. The van der Waals surface area contributed by atoms with Crippen LogP contribution in [-0.4, -0.2) is 25.5 Å². The van der Waals surface area contributed by atoms with Gasteiger partial charge in [-0.15, -0.1) is 0 Å². The molecule has 0 aliphatic heterocycles. The molecule has 3 rings (SSSR count). The number of aryl methyl sites for hydroxylation is 1. The number of carbonyl (C=O) groups is 1. The zero-order chi connectivity index (χ0) is 18.9. The summed E-state index contributed by atoms with van der Waals surface area (Å²) in [5.41, 5.74) is 2.70. The number of rotatable bonds is 5. The van der Waals surface area contributed by atoms with Crippen LogP contribution in [0.4, 0.5) is 5.69 Å². The second kappa shape index (κ2) is 6.96. The van der Waals surface area contributed by atoms with E-state index in [0.717, 1.165) is 22.6 Å². The zero-order valence-electron chi connectivity index (χ0n) is 15.3. The molecule has 0 unspecified atom stereocenters. The summed E-state index contributed by atoms with van der Waals surface area (Å²) in [6, 6.07) is 10.1. The molecule has 6 nitrogen and oxygen atoms in total. The number of benzene rings is 1. The lowest BCUT2D eigenvalue weighted by Gasteiger charge is -2.24. The zero-order valence-corrected chi connectivity index (χ0v) is 16.1. The summed E-state index contributed by atoms with van der Waals surface area (Å²) >= 11 is 5.93. The first kappa shape index (κ1) is 18.2. The third-order valence-electron chi connectivity index (χ3n) is 4.47. The monoisotopic (exact) mass is 371 g/mol. The maximum atomic E-state index is 12.9. The van der Waals surface area contributed by atoms with Crippen LogP contribution in [0.1, 0.15) is 30.8 Å². The van der Waals surface area contributed by atoms with Crippen LogP contribution in [0.5, 0.6) is 0 Å². The molecule has 1 amide bonds. The van der Waals surface area contributed by atoms with E-state index in [4.69, 9.17) is 11.6 Å². The van der Waals surface area contributed by atoms with Crippen molar-refractivity contribution in [2.45, 2.75) is 39.8 Å². The minimum absolute atomic E-state index is 0.178. The molecule has 0 saturated heterocycles. The Hall–Kier alpha value is -2.60. The van der Waals surface area contributed by atoms with Gasteiger partial charge in [-0.1, -0.05) is 41.9 Å². The van der Waals surface area contributed by atoms with Crippen LogP contribution < -0.4 is 5.32 Å². The molecule has 2 heterocycles. The number of hydrogen-bond donors (Lipinski definition) is 1. The van der Waals surface area contributed by atoms with Gasteiger partial charge in [-0.25, -0.2) is 0 Å². The third kappa shape index (κ3) is 3.51. The normalized spacial score (nSPS) is 11.6. The molecular formula is C19H22ClN5O. The summed E-state index contributed by atoms with van der Waals surface area (Å²) in [6.45, 7) is 8.09. The largest absolute Gasteiger partial charge is 0.321 e. The Morgan fingerprint density at radius 1 is 1.23 bits per heavy atom. The summed E-state index contributed by atoms with van der Waals surface area (Å²) in [4.78, 5) is 12.9. The molecule has 2 aromatic heterocycles. The van der Waals surface area contributed by atoms with Crippen molar-refractivity contribution in [3.8, 4) is 0 Å². The quantitative estimate of drug-likeness (QED) is 0.742. The van der Waals surface area contributed by atoms with Crippen LogP contribution in [0, 0.1) is 13.8 Å². The maximum Gasteiger partial charge on any atom is 0.251 e. The minimum Gasteiger partial charge on any atom is -0.321 e. The topological polar surface area (TPSA) is 64.7 Å². The standard InChI is InChI=1S/C19H22ClN5O/c1-13-17(14(2)24(23-13)11-15-8-6-5-7-9-15)22-18(26)19(3,4)25-12-16(20)10-21-25/h5-10,12H,11H2,1-4H3,(H,22,26). The van der Waals surface area contributed by atoms with Gasteiger partial charge in [-0.2, -0.15) is 10.2 Å². The Labute approximate surface area is 157 Å². The van der Waals surface area contributed by atoms with E-state index in [-0.39, 0.29) is 5.91 Å². The number of halogens is 1. The Bertz CT molecular complexity index is 927. The highest BCUT2D eigenvalue weighted by Gasteiger charge is 2.32. The first-order valence-electron chi connectivity index (χ1n) is 8.39. The fraction of sp³-hybridized carbons (Fsp3) is 0.316. The SMILES string of the molecule is Cc1nn(Cc2ccccc2)c(C)c1NC(=O)C(C)(C)n1cc(Cl)cn1. The molecule has 0 spiro atoms. The van der Waals surface area contributed by atoms with Gasteiger partial charge in [0.1, 0.15) is 5.54 Å². The summed E-state index contributed by atoms with van der Waals surface area (Å²) in [5.74, 6) is -0.178. The second-order valence-corrected chi connectivity index (χ2v) is 7.24. The summed E-state index contributed by atoms with van der Waals surface area (Å²) in [5, 5.41) is 12.2. The van der Waals surface area contributed by atoms with Crippen molar-refractivity contribution >= 4 is 23.2 Å². The van der Waals surface area contributed by atoms with Crippen molar-refractivity contribution in [2.75, 3.05) is 5.32 Å². The van der Waals surface area contributed by atoms with Crippen LogP contribution >= 0.6 is 11.6 Å². The third-order valence-corrected chi connectivity index (χ3v) is 4.67. The van der Waals surface area contributed by atoms with E-state index in [1.54, 1.807) is 24.7 Å².